The highest BCUT2D eigenvalue weighted by molar-refractivity contribution is 7.79. The summed E-state index contributed by atoms with van der Waals surface area (Å²) >= 11 is -1.88. The first-order valence-corrected chi connectivity index (χ1v) is 8.05. The molecule has 0 saturated carbocycles. The topological polar surface area (TPSA) is 49.3 Å². The van der Waals surface area contributed by atoms with Crippen LogP contribution in [0.2, 0.25) is 0 Å². The van der Waals surface area contributed by atoms with Crippen molar-refractivity contribution < 1.29 is 8.76 Å². The summed E-state index contributed by atoms with van der Waals surface area (Å²) in [6.45, 7) is 2.08. The second kappa shape index (κ2) is 7.73. The molecule has 3 aromatic carbocycles. The van der Waals surface area contributed by atoms with Crippen LogP contribution in [-0.2, 0) is 11.1 Å². The number of anilines is 1. The molecule has 0 heterocycles. The highest BCUT2D eigenvalue weighted by atomic mass is 32.2. The zero-order chi connectivity index (χ0) is 15.9. The molecule has 4 heteroatoms. The zero-order valence-electron chi connectivity index (χ0n) is 12.6. The Bertz CT molecular complexity index is 769. The number of fused-ring (bicyclic) bond motifs is 1. The van der Waals surface area contributed by atoms with Crippen LogP contribution in [0.3, 0.4) is 0 Å². The molecule has 0 aliphatic rings. The number of nitrogens with one attached hydrogen (secondary N) is 1. The van der Waals surface area contributed by atoms with Crippen LogP contribution in [-0.4, -0.2) is 15.8 Å². The predicted octanol–water partition coefficient (Wildman–Crippen LogP) is 4.46. The quantitative estimate of drug-likeness (QED) is 0.687. The van der Waals surface area contributed by atoms with Crippen molar-refractivity contribution in [2.24, 2.45) is 0 Å². The van der Waals surface area contributed by atoms with Crippen molar-refractivity contribution >= 4 is 27.5 Å². The van der Waals surface area contributed by atoms with E-state index in [2.05, 4.69) is 36.5 Å². The smallest absolute Gasteiger partial charge is 0.186 e. The number of rotatable bonds is 2. The molecule has 0 aromatic heterocycles. The molecular formula is C18H19NO2S. The molecule has 0 spiro atoms. The van der Waals surface area contributed by atoms with Crippen LogP contribution in [0.25, 0.3) is 10.8 Å². The lowest BCUT2D eigenvalue weighted by Crippen LogP contribution is -1.87. The lowest BCUT2D eigenvalue weighted by molar-refractivity contribution is 0.564. The average molecular weight is 313 g/mol. The first-order valence-electron chi connectivity index (χ1n) is 6.94. The third kappa shape index (κ3) is 4.41. The minimum atomic E-state index is -1.88. The first-order chi connectivity index (χ1) is 10.6. The van der Waals surface area contributed by atoms with E-state index in [4.69, 9.17) is 4.55 Å². The van der Waals surface area contributed by atoms with Gasteiger partial charge in [0, 0.05) is 12.7 Å². The van der Waals surface area contributed by atoms with Crippen molar-refractivity contribution in [2.75, 3.05) is 12.4 Å². The second-order valence-corrected chi connectivity index (χ2v) is 5.84. The summed E-state index contributed by atoms with van der Waals surface area (Å²) < 4.78 is 19.6. The van der Waals surface area contributed by atoms with Crippen LogP contribution in [0, 0.1) is 6.92 Å². The fourth-order valence-electron chi connectivity index (χ4n) is 2.00. The molecule has 0 aliphatic heterocycles. The Morgan fingerprint density at radius 3 is 2.14 bits per heavy atom. The standard InChI is InChI=1S/C10H8O2S.C8H11N/c11-13(12)10-6-5-8-3-1-2-4-9(8)7-10;1-7-3-5-8(9-2)6-4-7/h1-7H,(H,11,12);3-6,9H,1-2H3. The van der Waals surface area contributed by atoms with E-state index in [0.29, 0.717) is 4.90 Å². The van der Waals surface area contributed by atoms with Crippen molar-refractivity contribution in [1.82, 2.24) is 0 Å². The maximum Gasteiger partial charge on any atom is 0.186 e. The van der Waals surface area contributed by atoms with E-state index in [1.165, 1.54) is 11.3 Å². The maximum absolute atomic E-state index is 10.8. The van der Waals surface area contributed by atoms with Gasteiger partial charge in [0.05, 0.1) is 4.90 Å². The van der Waals surface area contributed by atoms with Gasteiger partial charge in [-0.05, 0) is 42.0 Å². The highest BCUT2D eigenvalue weighted by Gasteiger charge is 1.99. The van der Waals surface area contributed by atoms with Crippen molar-refractivity contribution in [3.63, 3.8) is 0 Å². The van der Waals surface area contributed by atoms with Gasteiger partial charge in [-0.15, -0.1) is 0 Å². The summed E-state index contributed by atoms with van der Waals surface area (Å²) in [4.78, 5) is 0.443. The molecule has 114 valence electrons. The molecule has 0 radical (unpaired) electrons. The van der Waals surface area contributed by atoms with E-state index in [0.717, 1.165) is 10.8 Å². The molecule has 0 fully saturated rings. The van der Waals surface area contributed by atoms with Crippen molar-refractivity contribution in [2.45, 2.75) is 11.8 Å². The molecule has 1 unspecified atom stereocenters. The Balaban J connectivity index is 0.000000172. The monoisotopic (exact) mass is 313 g/mol. The van der Waals surface area contributed by atoms with E-state index >= 15 is 0 Å². The van der Waals surface area contributed by atoms with Crippen LogP contribution in [0.1, 0.15) is 5.56 Å². The highest BCUT2D eigenvalue weighted by Crippen LogP contribution is 2.16. The van der Waals surface area contributed by atoms with Crippen LogP contribution < -0.4 is 5.32 Å². The Labute approximate surface area is 133 Å². The number of hydrogen-bond acceptors (Lipinski definition) is 2. The SMILES string of the molecule is CNc1ccc(C)cc1.O=S(O)c1ccc2ccccc2c1. The molecule has 1 atom stereocenters. The Kier molecular flexibility index (Phi) is 5.69. The summed E-state index contributed by atoms with van der Waals surface area (Å²) in [6.07, 6.45) is 0. The molecule has 0 aliphatic carbocycles. The van der Waals surface area contributed by atoms with Gasteiger partial charge in [0.2, 0.25) is 0 Å². The van der Waals surface area contributed by atoms with Gasteiger partial charge < -0.3 is 9.87 Å². The predicted molar refractivity (Wildman–Crippen MR) is 93.7 cm³/mol. The summed E-state index contributed by atoms with van der Waals surface area (Å²) in [5.41, 5.74) is 2.47. The summed E-state index contributed by atoms with van der Waals surface area (Å²) in [5, 5.41) is 5.12. The van der Waals surface area contributed by atoms with Crippen LogP contribution in [0.4, 0.5) is 5.69 Å². The van der Waals surface area contributed by atoms with Crippen molar-refractivity contribution in [1.29, 1.82) is 0 Å². The normalized spacial score (nSPS) is 11.4. The maximum atomic E-state index is 10.8. The van der Waals surface area contributed by atoms with Gasteiger partial charge in [-0.3, -0.25) is 0 Å². The number of benzene rings is 3. The van der Waals surface area contributed by atoms with Gasteiger partial charge in [0.25, 0.3) is 0 Å². The lowest BCUT2D eigenvalue weighted by atomic mass is 10.1. The van der Waals surface area contributed by atoms with Gasteiger partial charge in [0.15, 0.2) is 11.1 Å². The van der Waals surface area contributed by atoms with Gasteiger partial charge in [-0.1, -0.05) is 48.0 Å². The van der Waals surface area contributed by atoms with E-state index in [9.17, 15) is 4.21 Å². The lowest BCUT2D eigenvalue weighted by Gasteiger charge is -1.98. The van der Waals surface area contributed by atoms with Crippen molar-refractivity contribution in [3.05, 3.63) is 72.3 Å². The summed E-state index contributed by atoms with van der Waals surface area (Å²) in [7, 11) is 1.92. The summed E-state index contributed by atoms with van der Waals surface area (Å²) in [6, 6.07) is 21.3. The van der Waals surface area contributed by atoms with Gasteiger partial charge in [0.1, 0.15) is 0 Å². The van der Waals surface area contributed by atoms with Crippen LogP contribution in [0.5, 0.6) is 0 Å². The van der Waals surface area contributed by atoms with E-state index in [-0.39, 0.29) is 0 Å². The number of aryl methyl sites for hydroxylation is 1. The Hall–Kier alpha value is -2.17. The summed E-state index contributed by atoms with van der Waals surface area (Å²) in [5.74, 6) is 0. The third-order valence-electron chi connectivity index (χ3n) is 3.26. The minimum Gasteiger partial charge on any atom is -0.388 e. The molecule has 3 nitrogen and oxygen atoms in total. The zero-order valence-corrected chi connectivity index (χ0v) is 13.4. The first kappa shape index (κ1) is 16.2. The molecule has 2 N–H and O–H groups in total. The molecule has 0 saturated heterocycles. The van der Waals surface area contributed by atoms with Gasteiger partial charge in [-0.2, -0.15) is 0 Å². The molecule has 22 heavy (non-hydrogen) atoms. The van der Waals surface area contributed by atoms with Crippen LogP contribution in [0.15, 0.2) is 71.6 Å². The minimum absolute atomic E-state index is 0.443. The van der Waals surface area contributed by atoms with E-state index in [1.54, 1.807) is 12.1 Å². The Morgan fingerprint density at radius 2 is 1.55 bits per heavy atom. The molecule has 0 bridgehead atoms. The fourth-order valence-corrected chi connectivity index (χ4v) is 2.41. The van der Waals surface area contributed by atoms with Gasteiger partial charge in [-0.25, -0.2) is 4.21 Å². The fraction of sp³-hybridized carbons (Fsp3) is 0.111. The third-order valence-corrected chi connectivity index (χ3v) is 3.92. The molecule has 3 rings (SSSR count). The molecular weight excluding hydrogens is 294 g/mol. The van der Waals surface area contributed by atoms with Crippen molar-refractivity contribution in [3.8, 4) is 0 Å². The molecule has 3 aromatic rings. The van der Waals surface area contributed by atoms with Crippen LogP contribution >= 0.6 is 0 Å². The molecule has 0 amide bonds. The van der Waals surface area contributed by atoms with E-state index in [1.807, 2.05) is 37.4 Å². The second-order valence-electron chi connectivity index (χ2n) is 4.87. The van der Waals surface area contributed by atoms with Gasteiger partial charge >= 0.3 is 0 Å². The largest absolute Gasteiger partial charge is 0.388 e. The van der Waals surface area contributed by atoms with E-state index < -0.39 is 11.1 Å². The Morgan fingerprint density at radius 1 is 0.909 bits per heavy atom. The number of hydrogen-bond donors (Lipinski definition) is 2. The average Bonchev–Trinajstić information content (AvgIpc) is 2.55.